The predicted molar refractivity (Wildman–Crippen MR) is 74.6 cm³/mol. The van der Waals surface area contributed by atoms with Gasteiger partial charge in [0.25, 0.3) is 0 Å². The minimum atomic E-state index is 1.18. The summed E-state index contributed by atoms with van der Waals surface area (Å²) in [5.41, 5.74) is 0. The average Bonchev–Trinajstić information content (AvgIpc) is 2.31. The van der Waals surface area contributed by atoms with Gasteiger partial charge in [0.15, 0.2) is 0 Å². The maximum Gasteiger partial charge on any atom is -0.0279 e. The molecule has 0 bridgehead atoms. The highest BCUT2D eigenvalue weighted by molar-refractivity contribution is 4.73. The molecule has 0 N–H and O–H groups in total. The van der Waals surface area contributed by atoms with E-state index in [1.54, 1.807) is 0 Å². The van der Waals surface area contributed by atoms with E-state index in [9.17, 15) is 0 Å². The summed E-state index contributed by atoms with van der Waals surface area (Å²) in [5.74, 6) is 0. The topological polar surface area (TPSA) is 0 Å². The Hall–Kier alpha value is -0.260. The van der Waals surface area contributed by atoms with Crippen molar-refractivity contribution in [1.29, 1.82) is 0 Å². The number of hydrogen-bond donors (Lipinski definition) is 0. The standard InChI is InChI=1S/C16H31/c1-3-5-7-9-11-13-15-16-14-12-10-8-6-4-2/h16H,3-13,15H2,1-2H3. The lowest BCUT2D eigenvalue weighted by Crippen LogP contribution is -1.78. The molecule has 0 aromatic heterocycles. The Labute approximate surface area is 104 Å². The quantitative estimate of drug-likeness (QED) is 0.352. The van der Waals surface area contributed by atoms with Crippen molar-refractivity contribution in [1.82, 2.24) is 0 Å². The average molecular weight is 223 g/mol. The molecule has 0 spiro atoms. The van der Waals surface area contributed by atoms with E-state index in [1.165, 1.54) is 77.0 Å². The van der Waals surface area contributed by atoms with Crippen LogP contribution in [0.5, 0.6) is 0 Å². The first-order chi connectivity index (χ1) is 7.91. The predicted octanol–water partition coefficient (Wildman–Crippen LogP) is 6.07. The molecule has 1 radical (unpaired) electrons. The minimum Gasteiger partial charge on any atom is -0.0811 e. The molecular formula is C16H31. The first-order valence-corrected chi connectivity index (χ1v) is 7.46. The lowest BCUT2D eigenvalue weighted by atomic mass is 10.1. The van der Waals surface area contributed by atoms with Gasteiger partial charge >= 0.3 is 0 Å². The van der Waals surface area contributed by atoms with E-state index in [2.05, 4.69) is 26.0 Å². The van der Waals surface area contributed by atoms with Crippen LogP contribution in [0.4, 0.5) is 0 Å². The van der Waals surface area contributed by atoms with Crippen molar-refractivity contribution in [3.8, 4) is 0 Å². The maximum atomic E-state index is 3.42. The van der Waals surface area contributed by atoms with Crippen molar-refractivity contribution in [2.45, 2.75) is 90.9 Å². The lowest BCUT2D eigenvalue weighted by molar-refractivity contribution is 0.610. The Morgan fingerprint density at radius 1 is 0.688 bits per heavy atom. The molecule has 0 heteroatoms. The Balaban J connectivity index is 2.98. The molecule has 0 fully saturated rings. The van der Waals surface area contributed by atoms with Gasteiger partial charge < -0.3 is 0 Å². The van der Waals surface area contributed by atoms with Crippen LogP contribution in [0.3, 0.4) is 0 Å². The molecule has 0 atom stereocenters. The van der Waals surface area contributed by atoms with Crippen LogP contribution >= 0.6 is 0 Å². The summed E-state index contributed by atoms with van der Waals surface area (Å²) >= 11 is 0. The van der Waals surface area contributed by atoms with Crippen molar-refractivity contribution in [3.05, 3.63) is 12.2 Å². The van der Waals surface area contributed by atoms with Crippen molar-refractivity contribution in [3.63, 3.8) is 0 Å². The molecule has 0 aromatic rings. The molecule has 16 heavy (non-hydrogen) atoms. The molecule has 0 saturated heterocycles. The fraction of sp³-hybridized carbons (Fsp3) is 0.875. The van der Waals surface area contributed by atoms with Crippen molar-refractivity contribution in [2.24, 2.45) is 0 Å². The summed E-state index contributed by atoms with van der Waals surface area (Å²) in [6.45, 7) is 4.54. The molecule has 0 unspecified atom stereocenters. The van der Waals surface area contributed by atoms with E-state index in [4.69, 9.17) is 0 Å². The zero-order valence-electron chi connectivity index (χ0n) is 11.6. The van der Waals surface area contributed by atoms with Crippen LogP contribution in [0.15, 0.2) is 6.08 Å². The smallest absolute Gasteiger partial charge is 0.0279 e. The third-order valence-corrected chi connectivity index (χ3v) is 3.02. The summed E-state index contributed by atoms with van der Waals surface area (Å²) in [4.78, 5) is 0. The first kappa shape index (κ1) is 15.7. The van der Waals surface area contributed by atoms with Crippen LogP contribution in [0.1, 0.15) is 90.9 Å². The number of unbranched alkanes of at least 4 members (excludes halogenated alkanes) is 10. The summed E-state index contributed by atoms with van der Waals surface area (Å²) in [5, 5.41) is 0. The van der Waals surface area contributed by atoms with Gasteiger partial charge in [-0.15, -0.1) is 0 Å². The Morgan fingerprint density at radius 2 is 1.25 bits per heavy atom. The second kappa shape index (κ2) is 14.7. The Morgan fingerprint density at radius 3 is 1.94 bits per heavy atom. The highest BCUT2D eigenvalue weighted by Gasteiger charge is 1.88. The van der Waals surface area contributed by atoms with Crippen LogP contribution in [0.2, 0.25) is 0 Å². The van der Waals surface area contributed by atoms with E-state index in [0.29, 0.717) is 0 Å². The molecule has 0 aliphatic heterocycles. The van der Waals surface area contributed by atoms with Crippen molar-refractivity contribution < 1.29 is 0 Å². The largest absolute Gasteiger partial charge is 0.0811 e. The molecular weight excluding hydrogens is 192 g/mol. The van der Waals surface area contributed by atoms with Gasteiger partial charge in [0.05, 0.1) is 0 Å². The molecule has 0 aliphatic carbocycles. The molecule has 0 amide bonds. The molecule has 0 aromatic carbocycles. The van der Waals surface area contributed by atoms with Gasteiger partial charge in [-0.05, 0) is 31.8 Å². The Kier molecular flexibility index (Phi) is 14.5. The monoisotopic (exact) mass is 223 g/mol. The van der Waals surface area contributed by atoms with Gasteiger partial charge in [-0.1, -0.05) is 71.3 Å². The zero-order chi connectivity index (χ0) is 11.9. The van der Waals surface area contributed by atoms with Crippen LogP contribution in [-0.4, -0.2) is 0 Å². The van der Waals surface area contributed by atoms with E-state index in [-0.39, 0.29) is 0 Å². The first-order valence-electron chi connectivity index (χ1n) is 7.46. The number of allylic oxidation sites excluding steroid dienone is 2. The molecule has 0 rings (SSSR count). The normalized spacial score (nSPS) is 11.4. The van der Waals surface area contributed by atoms with Gasteiger partial charge in [0.2, 0.25) is 0 Å². The second-order valence-electron chi connectivity index (χ2n) is 4.78. The van der Waals surface area contributed by atoms with Gasteiger partial charge in [-0.25, -0.2) is 0 Å². The lowest BCUT2D eigenvalue weighted by Gasteiger charge is -1.97. The van der Waals surface area contributed by atoms with Crippen molar-refractivity contribution in [2.75, 3.05) is 0 Å². The summed E-state index contributed by atoms with van der Waals surface area (Å²) in [6, 6.07) is 0. The van der Waals surface area contributed by atoms with Crippen molar-refractivity contribution >= 4 is 0 Å². The molecule has 95 valence electrons. The van der Waals surface area contributed by atoms with Crippen LogP contribution < -0.4 is 0 Å². The molecule has 0 heterocycles. The Bertz CT molecular complexity index is 135. The summed E-state index contributed by atoms with van der Waals surface area (Å²) in [7, 11) is 0. The van der Waals surface area contributed by atoms with E-state index >= 15 is 0 Å². The van der Waals surface area contributed by atoms with E-state index < -0.39 is 0 Å². The summed E-state index contributed by atoms with van der Waals surface area (Å²) in [6.07, 6.45) is 22.0. The van der Waals surface area contributed by atoms with Crippen LogP contribution in [-0.2, 0) is 0 Å². The van der Waals surface area contributed by atoms with Gasteiger partial charge in [0.1, 0.15) is 0 Å². The highest BCUT2D eigenvalue weighted by atomic mass is 13.9. The SMILES string of the molecule is CCCCCC/[C]=C\CCCCCCCC. The van der Waals surface area contributed by atoms with Crippen LogP contribution in [0, 0.1) is 6.08 Å². The fourth-order valence-electron chi connectivity index (χ4n) is 1.88. The maximum absolute atomic E-state index is 3.42. The van der Waals surface area contributed by atoms with E-state index in [0.717, 1.165) is 0 Å². The molecule has 0 saturated carbocycles. The third-order valence-electron chi connectivity index (χ3n) is 3.02. The number of rotatable bonds is 12. The van der Waals surface area contributed by atoms with Gasteiger partial charge in [-0.2, -0.15) is 0 Å². The van der Waals surface area contributed by atoms with Gasteiger partial charge in [-0.3, -0.25) is 0 Å². The van der Waals surface area contributed by atoms with Gasteiger partial charge in [0, 0.05) is 0 Å². The summed E-state index contributed by atoms with van der Waals surface area (Å²) < 4.78 is 0. The second-order valence-corrected chi connectivity index (χ2v) is 4.78. The third kappa shape index (κ3) is 13.7. The van der Waals surface area contributed by atoms with Crippen LogP contribution in [0.25, 0.3) is 0 Å². The highest BCUT2D eigenvalue weighted by Crippen LogP contribution is 2.08. The molecule has 0 nitrogen and oxygen atoms in total. The number of hydrogen-bond acceptors (Lipinski definition) is 0. The zero-order valence-corrected chi connectivity index (χ0v) is 11.6. The fourth-order valence-corrected chi connectivity index (χ4v) is 1.88. The van der Waals surface area contributed by atoms with E-state index in [1.807, 2.05) is 0 Å². The minimum absolute atomic E-state index is 1.18. The molecule has 0 aliphatic rings.